The number of ether oxygens (including phenoxy) is 2. The molecular formula is C31H44BN3O7. The number of urea groups is 1. The highest BCUT2D eigenvalue weighted by atomic mass is 16.7. The summed E-state index contributed by atoms with van der Waals surface area (Å²) in [6.45, 7) is 18.5. The molecule has 3 rings (SSSR count). The van der Waals surface area contributed by atoms with Crippen LogP contribution < -0.4 is 21.4 Å². The summed E-state index contributed by atoms with van der Waals surface area (Å²) in [5.74, 6) is -0.570. The van der Waals surface area contributed by atoms with Gasteiger partial charge in [0, 0.05) is 17.8 Å². The number of hydrogen-bond acceptors (Lipinski definition) is 7. The summed E-state index contributed by atoms with van der Waals surface area (Å²) >= 11 is 0. The highest BCUT2D eigenvalue weighted by Crippen LogP contribution is 2.36. The first-order valence-corrected chi connectivity index (χ1v) is 14.1. The zero-order valence-electron chi connectivity index (χ0n) is 26.3. The van der Waals surface area contributed by atoms with Gasteiger partial charge in [-0.05, 0) is 105 Å². The number of esters is 1. The monoisotopic (exact) mass is 581 g/mol. The van der Waals surface area contributed by atoms with E-state index >= 15 is 0 Å². The van der Waals surface area contributed by atoms with Crippen molar-refractivity contribution in [1.29, 1.82) is 0 Å². The van der Waals surface area contributed by atoms with Crippen LogP contribution in [-0.4, -0.2) is 53.7 Å². The molecular weight excluding hydrogens is 537 g/mol. The highest BCUT2D eigenvalue weighted by Gasteiger charge is 2.51. The number of anilines is 2. The van der Waals surface area contributed by atoms with Gasteiger partial charge in [0.25, 0.3) is 0 Å². The van der Waals surface area contributed by atoms with Gasteiger partial charge in [0.05, 0.1) is 11.2 Å². The lowest BCUT2D eigenvalue weighted by atomic mass is 9.79. The van der Waals surface area contributed by atoms with Crippen LogP contribution in [0.5, 0.6) is 0 Å². The van der Waals surface area contributed by atoms with Gasteiger partial charge in [0.15, 0.2) is 0 Å². The molecule has 0 bridgehead atoms. The van der Waals surface area contributed by atoms with Gasteiger partial charge in [-0.3, -0.25) is 0 Å². The first-order valence-electron chi connectivity index (χ1n) is 14.1. The van der Waals surface area contributed by atoms with Crippen LogP contribution in [0.15, 0.2) is 48.5 Å². The van der Waals surface area contributed by atoms with Gasteiger partial charge in [-0.15, -0.1) is 0 Å². The Morgan fingerprint density at radius 2 is 1.21 bits per heavy atom. The zero-order chi connectivity index (χ0) is 31.5. The molecule has 3 amide bonds. The third-order valence-electron chi connectivity index (χ3n) is 6.73. The maximum Gasteiger partial charge on any atom is 0.494 e. The summed E-state index contributed by atoms with van der Waals surface area (Å²) in [6, 6.07) is 12.9. The van der Waals surface area contributed by atoms with E-state index < -0.39 is 53.7 Å². The van der Waals surface area contributed by atoms with E-state index in [9.17, 15) is 14.4 Å². The predicted molar refractivity (Wildman–Crippen MR) is 164 cm³/mol. The predicted octanol–water partition coefficient (Wildman–Crippen LogP) is 5.41. The molecule has 0 saturated carbocycles. The molecule has 0 unspecified atom stereocenters. The number of alkyl carbamates (subject to hydrolysis) is 1. The lowest BCUT2D eigenvalue weighted by Gasteiger charge is -2.32. The molecule has 2 aromatic carbocycles. The fourth-order valence-corrected chi connectivity index (χ4v) is 3.97. The number of nitrogens with one attached hydrogen (secondary N) is 3. The van der Waals surface area contributed by atoms with Crippen LogP contribution in [0.1, 0.15) is 74.8 Å². The summed E-state index contributed by atoms with van der Waals surface area (Å²) in [6.07, 6.45) is -0.534. The highest BCUT2D eigenvalue weighted by molar-refractivity contribution is 6.62. The molecule has 1 atom stereocenters. The number of carbonyl (C=O) groups is 3. The van der Waals surface area contributed by atoms with E-state index in [1.54, 1.807) is 77.9 Å². The second kappa shape index (κ2) is 12.3. The third kappa shape index (κ3) is 9.49. The minimum absolute atomic E-state index is 0.176. The molecule has 10 nitrogen and oxygen atoms in total. The Balaban J connectivity index is 1.59. The van der Waals surface area contributed by atoms with Gasteiger partial charge in [0.1, 0.15) is 17.2 Å². The van der Waals surface area contributed by atoms with Crippen molar-refractivity contribution in [3.63, 3.8) is 0 Å². The number of rotatable bonds is 7. The minimum atomic E-state index is -0.957. The fraction of sp³-hybridized carbons (Fsp3) is 0.516. The van der Waals surface area contributed by atoms with Gasteiger partial charge in [-0.25, -0.2) is 14.4 Å². The second-order valence-electron chi connectivity index (χ2n) is 13.4. The quantitative estimate of drug-likeness (QED) is 0.295. The van der Waals surface area contributed by atoms with E-state index in [-0.39, 0.29) is 6.42 Å². The van der Waals surface area contributed by atoms with Crippen molar-refractivity contribution in [2.45, 2.75) is 104 Å². The molecule has 2 aromatic rings. The van der Waals surface area contributed by atoms with Crippen LogP contribution in [0.4, 0.5) is 21.0 Å². The lowest BCUT2D eigenvalue weighted by Crippen LogP contribution is -2.47. The Bertz CT molecular complexity index is 1250. The lowest BCUT2D eigenvalue weighted by molar-refractivity contribution is -0.157. The van der Waals surface area contributed by atoms with Crippen LogP contribution in [0.25, 0.3) is 0 Å². The molecule has 1 aliphatic heterocycles. The molecule has 1 aliphatic rings. The molecule has 1 heterocycles. The van der Waals surface area contributed by atoms with Crippen molar-refractivity contribution >= 4 is 42.0 Å². The van der Waals surface area contributed by atoms with E-state index in [0.717, 1.165) is 11.0 Å². The van der Waals surface area contributed by atoms with Crippen molar-refractivity contribution in [2.24, 2.45) is 0 Å². The first kappa shape index (κ1) is 32.9. The van der Waals surface area contributed by atoms with Crippen LogP contribution >= 0.6 is 0 Å². The number of carbonyl (C=O) groups excluding carboxylic acids is 3. The Morgan fingerprint density at radius 1 is 0.762 bits per heavy atom. The van der Waals surface area contributed by atoms with Crippen molar-refractivity contribution in [1.82, 2.24) is 5.32 Å². The molecule has 0 radical (unpaired) electrons. The first-order chi connectivity index (χ1) is 19.2. The van der Waals surface area contributed by atoms with E-state index in [1.807, 2.05) is 39.8 Å². The smallest absolute Gasteiger partial charge is 0.458 e. The van der Waals surface area contributed by atoms with Crippen molar-refractivity contribution < 1.29 is 33.2 Å². The Morgan fingerprint density at radius 3 is 1.67 bits per heavy atom. The summed E-state index contributed by atoms with van der Waals surface area (Å²) in [5, 5.41) is 8.22. The maximum atomic E-state index is 12.8. The molecule has 0 aromatic heterocycles. The van der Waals surface area contributed by atoms with Crippen LogP contribution in [0.2, 0.25) is 0 Å². The summed E-state index contributed by atoms with van der Waals surface area (Å²) in [4.78, 5) is 37.8. The van der Waals surface area contributed by atoms with Gasteiger partial charge >= 0.3 is 25.2 Å². The van der Waals surface area contributed by atoms with Gasteiger partial charge in [0.2, 0.25) is 0 Å². The van der Waals surface area contributed by atoms with Crippen LogP contribution in [-0.2, 0) is 30.0 Å². The molecule has 228 valence electrons. The Kier molecular flexibility index (Phi) is 9.69. The van der Waals surface area contributed by atoms with Crippen molar-refractivity contribution in [3.8, 4) is 0 Å². The topological polar surface area (TPSA) is 124 Å². The number of benzene rings is 2. The second-order valence-corrected chi connectivity index (χ2v) is 13.4. The average Bonchev–Trinajstić information content (AvgIpc) is 3.04. The Hall–Kier alpha value is -3.57. The summed E-state index contributed by atoms with van der Waals surface area (Å²) < 4.78 is 23.0. The summed E-state index contributed by atoms with van der Waals surface area (Å²) in [5.41, 5.74) is 0.471. The number of amides is 3. The molecule has 11 heteroatoms. The summed E-state index contributed by atoms with van der Waals surface area (Å²) in [7, 11) is -0.481. The van der Waals surface area contributed by atoms with Crippen LogP contribution in [0.3, 0.4) is 0 Å². The minimum Gasteiger partial charge on any atom is -0.458 e. The van der Waals surface area contributed by atoms with Gasteiger partial charge in [-0.1, -0.05) is 24.3 Å². The molecule has 1 saturated heterocycles. The molecule has 3 N–H and O–H groups in total. The van der Waals surface area contributed by atoms with Gasteiger partial charge in [-0.2, -0.15) is 0 Å². The average molecular weight is 582 g/mol. The fourth-order valence-electron chi connectivity index (χ4n) is 3.97. The van der Waals surface area contributed by atoms with E-state index in [0.29, 0.717) is 11.4 Å². The van der Waals surface area contributed by atoms with Crippen LogP contribution in [0, 0.1) is 0 Å². The van der Waals surface area contributed by atoms with Gasteiger partial charge < -0.3 is 34.7 Å². The van der Waals surface area contributed by atoms with Crippen molar-refractivity contribution in [2.75, 3.05) is 10.6 Å². The van der Waals surface area contributed by atoms with Crippen molar-refractivity contribution in [3.05, 3.63) is 54.1 Å². The standard InChI is InChI=1S/C31H44BN3O7/c1-28(2,3)39-25(36)24(35-27(38)40-29(4,5)6)19-20-11-15-22(16-12-20)33-26(37)34-23-17-13-21(14-18-23)32-41-30(7,8)31(9,10)42-32/h11-18,24H,19H2,1-10H3,(H,35,38)(H2,33,34,37)/t24-/m0/s1. The largest absolute Gasteiger partial charge is 0.494 e. The zero-order valence-corrected chi connectivity index (χ0v) is 26.3. The maximum absolute atomic E-state index is 12.8. The SMILES string of the molecule is CC(C)(C)OC(=O)N[C@@H](Cc1ccc(NC(=O)Nc2ccc(B3OC(C)(C)C(C)(C)O3)cc2)cc1)C(=O)OC(C)(C)C. The number of hydrogen-bond donors (Lipinski definition) is 3. The molecule has 0 spiro atoms. The normalized spacial score (nSPS) is 16.8. The Labute approximate surface area is 249 Å². The molecule has 1 fully saturated rings. The van der Waals surface area contributed by atoms with E-state index in [4.69, 9.17) is 18.8 Å². The third-order valence-corrected chi connectivity index (χ3v) is 6.73. The molecule has 0 aliphatic carbocycles. The molecule has 42 heavy (non-hydrogen) atoms. The van der Waals surface area contributed by atoms with E-state index in [2.05, 4.69) is 16.0 Å². The van der Waals surface area contributed by atoms with E-state index in [1.165, 1.54) is 0 Å².